The van der Waals surface area contributed by atoms with E-state index in [1.54, 1.807) is 0 Å². The zero-order valence-electron chi connectivity index (χ0n) is 13.5. The molecule has 112 valence electrons. The van der Waals surface area contributed by atoms with Gasteiger partial charge in [-0.25, -0.2) is 4.98 Å². The highest BCUT2D eigenvalue weighted by molar-refractivity contribution is 7.04. The highest BCUT2D eigenvalue weighted by Crippen LogP contribution is 2.33. The molecule has 0 spiro atoms. The monoisotopic (exact) mass is 315 g/mol. The first-order valence-corrected chi connectivity index (χ1v) is 11.0. The van der Waals surface area contributed by atoms with Crippen LogP contribution in [0.4, 0.5) is 0 Å². The van der Waals surface area contributed by atoms with Gasteiger partial charge in [-0.15, -0.1) is 0 Å². The van der Waals surface area contributed by atoms with Crippen molar-refractivity contribution in [1.29, 1.82) is 0 Å². The van der Waals surface area contributed by atoms with Crippen molar-refractivity contribution in [2.75, 3.05) is 0 Å². The first-order chi connectivity index (χ1) is 11.1. The molecule has 0 amide bonds. The SMILES string of the molecule is Cc1nc2c(ccc3cc4c(cc32)[Si](C)(C)c2ccccc2-4)o1. The Hall–Kier alpha value is -2.39. The molecule has 0 radical (unpaired) electrons. The van der Waals surface area contributed by atoms with Gasteiger partial charge in [-0.3, -0.25) is 0 Å². The molecule has 3 aromatic carbocycles. The standard InChI is InChI=1S/C20H17NOSi/c1-12-21-20-15-11-19-16(10-13(15)8-9-17(20)22-12)14-6-4-5-7-18(14)23(19,2)3/h4-11H,1-3H3. The summed E-state index contributed by atoms with van der Waals surface area (Å²) in [6.45, 7) is 6.79. The molecule has 1 aliphatic heterocycles. The summed E-state index contributed by atoms with van der Waals surface area (Å²) in [4.78, 5) is 4.61. The van der Waals surface area contributed by atoms with Gasteiger partial charge in [0.2, 0.25) is 0 Å². The van der Waals surface area contributed by atoms with Crippen LogP contribution in [0.15, 0.2) is 52.9 Å². The minimum atomic E-state index is -1.64. The van der Waals surface area contributed by atoms with Crippen LogP contribution in [0.2, 0.25) is 13.1 Å². The zero-order valence-corrected chi connectivity index (χ0v) is 14.5. The summed E-state index contributed by atoms with van der Waals surface area (Å²) >= 11 is 0. The lowest BCUT2D eigenvalue weighted by molar-refractivity contribution is 0.561. The van der Waals surface area contributed by atoms with E-state index in [1.807, 2.05) is 13.0 Å². The van der Waals surface area contributed by atoms with E-state index < -0.39 is 8.07 Å². The average molecular weight is 315 g/mol. The molecule has 3 heteroatoms. The van der Waals surface area contributed by atoms with Gasteiger partial charge >= 0.3 is 0 Å². The lowest BCUT2D eigenvalue weighted by atomic mass is 10.0. The van der Waals surface area contributed by atoms with Crippen LogP contribution in [-0.2, 0) is 0 Å². The summed E-state index contributed by atoms with van der Waals surface area (Å²) in [6.07, 6.45) is 0. The minimum absolute atomic E-state index is 0.729. The van der Waals surface area contributed by atoms with E-state index in [0.29, 0.717) is 0 Å². The van der Waals surface area contributed by atoms with Crippen molar-refractivity contribution >= 4 is 40.3 Å². The van der Waals surface area contributed by atoms with E-state index in [-0.39, 0.29) is 0 Å². The highest BCUT2D eigenvalue weighted by Gasteiger charge is 2.37. The molecule has 0 saturated heterocycles. The van der Waals surface area contributed by atoms with Crippen LogP contribution in [-0.4, -0.2) is 13.1 Å². The van der Waals surface area contributed by atoms with Crippen LogP contribution in [0.1, 0.15) is 5.89 Å². The van der Waals surface area contributed by atoms with Crippen LogP contribution in [0, 0.1) is 6.92 Å². The Morgan fingerprint density at radius 2 is 1.74 bits per heavy atom. The number of fused-ring (bicyclic) bond motifs is 6. The third-order valence-electron chi connectivity index (χ3n) is 5.18. The van der Waals surface area contributed by atoms with Gasteiger partial charge < -0.3 is 4.42 Å². The molecule has 4 aromatic rings. The lowest BCUT2D eigenvalue weighted by Gasteiger charge is -2.19. The maximum Gasteiger partial charge on any atom is 0.192 e. The van der Waals surface area contributed by atoms with Gasteiger partial charge in [-0.05, 0) is 39.0 Å². The third kappa shape index (κ3) is 1.60. The molecule has 0 bridgehead atoms. The van der Waals surface area contributed by atoms with E-state index in [9.17, 15) is 0 Å². The van der Waals surface area contributed by atoms with Crippen molar-refractivity contribution in [1.82, 2.24) is 4.98 Å². The third-order valence-corrected chi connectivity index (χ3v) is 8.73. The van der Waals surface area contributed by atoms with Gasteiger partial charge in [0.1, 0.15) is 13.6 Å². The second-order valence-electron chi connectivity index (χ2n) is 6.93. The predicted octanol–water partition coefficient (Wildman–Crippen LogP) is 4.09. The Morgan fingerprint density at radius 3 is 2.61 bits per heavy atom. The van der Waals surface area contributed by atoms with Crippen molar-refractivity contribution in [3.63, 3.8) is 0 Å². The van der Waals surface area contributed by atoms with Gasteiger partial charge in [-0.2, -0.15) is 0 Å². The number of nitrogens with zero attached hydrogens (tertiary/aromatic N) is 1. The van der Waals surface area contributed by atoms with Crippen LogP contribution in [0.5, 0.6) is 0 Å². The van der Waals surface area contributed by atoms with E-state index in [4.69, 9.17) is 4.42 Å². The Bertz CT molecular complexity index is 1110. The molecular weight excluding hydrogens is 298 g/mol. The topological polar surface area (TPSA) is 26.0 Å². The molecule has 0 N–H and O–H groups in total. The van der Waals surface area contributed by atoms with Gasteiger partial charge in [0.25, 0.3) is 0 Å². The fraction of sp³-hybridized carbons (Fsp3) is 0.150. The summed E-state index contributed by atoms with van der Waals surface area (Å²) in [6, 6.07) is 17.8. The normalized spacial score (nSPS) is 15.1. The number of aryl methyl sites for hydroxylation is 1. The van der Waals surface area contributed by atoms with Gasteiger partial charge in [0, 0.05) is 12.3 Å². The zero-order chi connectivity index (χ0) is 15.8. The van der Waals surface area contributed by atoms with Crippen LogP contribution >= 0.6 is 0 Å². The predicted molar refractivity (Wildman–Crippen MR) is 98.4 cm³/mol. The molecule has 2 nitrogen and oxygen atoms in total. The second-order valence-corrected chi connectivity index (χ2v) is 11.3. The summed E-state index contributed by atoms with van der Waals surface area (Å²) in [5.74, 6) is 0.729. The van der Waals surface area contributed by atoms with E-state index in [1.165, 1.54) is 32.3 Å². The number of benzene rings is 3. The molecule has 2 heterocycles. The fourth-order valence-corrected chi connectivity index (χ4v) is 7.10. The first kappa shape index (κ1) is 13.1. The van der Waals surface area contributed by atoms with Gasteiger partial charge in [-0.1, -0.05) is 49.5 Å². The summed E-state index contributed by atoms with van der Waals surface area (Å²) in [5, 5.41) is 5.51. The maximum absolute atomic E-state index is 5.71. The largest absolute Gasteiger partial charge is 0.441 e. The Kier molecular flexibility index (Phi) is 2.34. The van der Waals surface area contributed by atoms with Crippen LogP contribution < -0.4 is 10.4 Å². The number of hydrogen-bond donors (Lipinski definition) is 0. The second kappa shape index (κ2) is 4.12. The fourth-order valence-electron chi connectivity index (χ4n) is 4.02. The molecule has 5 rings (SSSR count). The van der Waals surface area contributed by atoms with Crippen molar-refractivity contribution < 1.29 is 4.42 Å². The van der Waals surface area contributed by atoms with Crippen molar-refractivity contribution in [3.05, 3.63) is 54.4 Å². The quantitative estimate of drug-likeness (QED) is 0.457. The maximum atomic E-state index is 5.71. The molecule has 23 heavy (non-hydrogen) atoms. The highest BCUT2D eigenvalue weighted by atomic mass is 28.3. The lowest BCUT2D eigenvalue weighted by Crippen LogP contribution is -2.49. The molecule has 0 unspecified atom stereocenters. The average Bonchev–Trinajstić information content (AvgIpc) is 3.03. The summed E-state index contributed by atoms with van der Waals surface area (Å²) in [7, 11) is -1.64. The molecule has 0 saturated carbocycles. The molecule has 0 atom stereocenters. The van der Waals surface area contributed by atoms with Crippen molar-refractivity contribution in [2.24, 2.45) is 0 Å². The first-order valence-electron chi connectivity index (χ1n) is 8.00. The number of aromatic nitrogens is 1. The molecule has 0 aliphatic carbocycles. The molecule has 1 aromatic heterocycles. The van der Waals surface area contributed by atoms with Crippen molar-refractivity contribution in [3.8, 4) is 11.1 Å². The van der Waals surface area contributed by atoms with Crippen LogP contribution in [0.3, 0.4) is 0 Å². The molecular formula is C20H17NOSi. The number of hydrogen-bond acceptors (Lipinski definition) is 2. The Morgan fingerprint density at radius 1 is 0.913 bits per heavy atom. The molecule has 1 aliphatic rings. The van der Waals surface area contributed by atoms with E-state index >= 15 is 0 Å². The van der Waals surface area contributed by atoms with E-state index in [2.05, 4.69) is 60.5 Å². The van der Waals surface area contributed by atoms with E-state index in [0.717, 1.165) is 17.0 Å². The summed E-state index contributed by atoms with van der Waals surface area (Å²) < 4.78 is 5.71. The molecule has 0 fully saturated rings. The minimum Gasteiger partial charge on any atom is -0.441 e. The number of rotatable bonds is 0. The Labute approximate surface area is 135 Å². The number of oxazole rings is 1. The smallest absolute Gasteiger partial charge is 0.192 e. The van der Waals surface area contributed by atoms with Crippen molar-refractivity contribution in [2.45, 2.75) is 20.0 Å². The Balaban J connectivity index is 1.94. The van der Waals surface area contributed by atoms with Gasteiger partial charge in [0.15, 0.2) is 11.5 Å². The summed E-state index contributed by atoms with van der Waals surface area (Å²) in [5.41, 5.74) is 4.69. The van der Waals surface area contributed by atoms with Gasteiger partial charge in [0.05, 0.1) is 0 Å². The van der Waals surface area contributed by atoms with Crippen LogP contribution in [0.25, 0.3) is 33.0 Å².